The van der Waals surface area contributed by atoms with E-state index in [1.165, 1.54) is 12.3 Å². The van der Waals surface area contributed by atoms with Crippen LogP contribution in [0.4, 0.5) is 5.69 Å². The fraction of sp³-hybridized carbons (Fsp3) is 0.167. The minimum atomic E-state index is -0.355. The zero-order valence-electron chi connectivity index (χ0n) is 12.9. The summed E-state index contributed by atoms with van der Waals surface area (Å²) >= 11 is 0. The molecule has 0 spiro atoms. The van der Waals surface area contributed by atoms with Crippen LogP contribution in [-0.4, -0.2) is 23.1 Å². The van der Waals surface area contributed by atoms with Crippen LogP contribution in [0.1, 0.15) is 28.8 Å². The number of amides is 2. The van der Waals surface area contributed by atoms with Crippen molar-refractivity contribution in [1.82, 2.24) is 5.43 Å². The second kappa shape index (κ2) is 6.95. The second-order valence-corrected chi connectivity index (χ2v) is 5.63. The lowest BCUT2D eigenvalue weighted by Crippen LogP contribution is -2.18. The first-order valence-corrected chi connectivity index (χ1v) is 7.65. The van der Waals surface area contributed by atoms with Gasteiger partial charge >= 0.3 is 0 Å². The van der Waals surface area contributed by atoms with Gasteiger partial charge in [0, 0.05) is 17.2 Å². The minimum Gasteiger partial charge on any atom is -0.508 e. The van der Waals surface area contributed by atoms with Crippen molar-refractivity contribution >= 4 is 23.7 Å². The van der Waals surface area contributed by atoms with E-state index in [4.69, 9.17) is 0 Å². The van der Waals surface area contributed by atoms with Gasteiger partial charge in [-0.1, -0.05) is 12.1 Å². The van der Waals surface area contributed by atoms with E-state index in [0.717, 1.165) is 12.8 Å². The van der Waals surface area contributed by atoms with E-state index in [1.54, 1.807) is 42.5 Å². The standard InChI is InChI=1S/C18H17N3O3/c22-16-3-1-2-12(10-16)11-19-21-18(24)14-6-8-15(9-7-14)20-17(23)13-4-5-13/h1-3,6-11,13,22H,4-5H2,(H,20,23)(H,21,24). The molecule has 0 aromatic heterocycles. The lowest BCUT2D eigenvalue weighted by molar-refractivity contribution is -0.117. The van der Waals surface area contributed by atoms with Crippen LogP contribution in [0.5, 0.6) is 5.75 Å². The quantitative estimate of drug-likeness (QED) is 0.583. The lowest BCUT2D eigenvalue weighted by Gasteiger charge is -2.05. The number of phenols is 1. The van der Waals surface area contributed by atoms with E-state index >= 15 is 0 Å². The molecule has 2 aromatic carbocycles. The van der Waals surface area contributed by atoms with Gasteiger partial charge in [0.2, 0.25) is 5.91 Å². The first-order chi connectivity index (χ1) is 11.6. The highest BCUT2D eigenvalue weighted by Crippen LogP contribution is 2.30. The molecule has 1 aliphatic carbocycles. The Morgan fingerprint density at radius 3 is 2.54 bits per heavy atom. The summed E-state index contributed by atoms with van der Waals surface area (Å²) in [5, 5.41) is 16.0. The van der Waals surface area contributed by atoms with Crippen LogP contribution in [-0.2, 0) is 4.79 Å². The van der Waals surface area contributed by atoms with Crippen molar-refractivity contribution in [3.8, 4) is 5.75 Å². The van der Waals surface area contributed by atoms with Crippen LogP contribution in [0, 0.1) is 5.92 Å². The number of nitrogens with one attached hydrogen (secondary N) is 2. The number of phenolic OH excluding ortho intramolecular Hbond substituents is 1. The van der Waals surface area contributed by atoms with E-state index in [-0.39, 0.29) is 23.5 Å². The van der Waals surface area contributed by atoms with E-state index in [0.29, 0.717) is 16.8 Å². The van der Waals surface area contributed by atoms with Gasteiger partial charge in [0.15, 0.2) is 0 Å². The van der Waals surface area contributed by atoms with Gasteiger partial charge in [0.1, 0.15) is 5.75 Å². The van der Waals surface area contributed by atoms with Crippen molar-refractivity contribution in [3.05, 3.63) is 59.7 Å². The molecule has 2 amide bonds. The Kier molecular flexibility index (Phi) is 4.56. The van der Waals surface area contributed by atoms with Crippen molar-refractivity contribution in [2.75, 3.05) is 5.32 Å². The summed E-state index contributed by atoms with van der Waals surface area (Å²) < 4.78 is 0. The SMILES string of the molecule is O=C(NN=Cc1cccc(O)c1)c1ccc(NC(=O)C2CC2)cc1. The number of hydrazone groups is 1. The zero-order chi connectivity index (χ0) is 16.9. The second-order valence-electron chi connectivity index (χ2n) is 5.63. The molecule has 6 nitrogen and oxygen atoms in total. The van der Waals surface area contributed by atoms with E-state index in [2.05, 4.69) is 15.8 Å². The highest BCUT2D eigenvalue weighted by molar-refractivity contribution is 5.97. The number of carbonyl (C=O) groups excluding carboxylic acids is 2. The summed E-state index contributed by atoms with van der Waals surface area (Å²) in [4.78, 5) is 23.7. The predicted molar refractivity (Wildman–Crippen MR) is 91.0 cm³/mol. The summed E-state index contributed by atoms with van der Waals surface area (Å²) in [6.07, 6.45) is 3.34. The molecular weight excluding hydrogens is 306 g/mol. The number of anilines is 1. The van der Waals surface area contributed by atoms with Crippen molar-refractivity contribution in [2.24, 2.45) is 11.0 Å². The Hall–Kier alpha value is -3.15. The highest BCUT2D eigenvalue weighted by atomic mass is 16.3. The highest BCUT2D eigenvalue weighted by Gasteiger charge is 2.29. The van der Waals surface area contributed by atoms with Gasteiger partial charge in [0.05, 0.1) is 6.21 Å². The molecule has 2 aromatic rings. The maximum atomic E-state index is 12.0. The summed E-state index contributed by atoms with van der Waals surface area (Å²) in [7, 11) is 0. The molecule has 0 bridgehead atoms. The summed E-state index contributed by atoms with van der Waals surface area (Å²) in [5.41, 5.74) is 4.20. The Bertz CT molecular complexity index is 780. The zero-order valence-corrected chi connectivity index (χ0v) is 12.9. The van der Waals surface area contributed by atoms with Gasteiger partial charge in [-0.25, -0.2) is 5.43 Å². The summed E-state index contributed by atoms with van der Waals surface area (Å²) in [5.74, 6) is -0.0526. The topological polar surface area (TPSA) is 90.8 Å². The molecule has 1 fully saturated rings. The molecule has 0 atom stereocenters. The minimum absolute atomic E-state index is 0.0305. The van der Waals surface area contributed by atoms with Crippen LogP contribution >= 0.6 is 0 Å². The molecule has 24 heavy (non-hydrogen) atoms. The Morgan fingerprint density at radius 2 is 1.88 bits per heavy atom. The van der Waals surface area contributed by atoms with Crippen molar-refractivity contribution in [1.29, 1.82) is 0 Å². The fourth-order valence-corrected chi connectivity index (χ4v) is 2.13. The number of rotatable bonds is 5. The third-order valence-corrected chi connectivity index (χ3v) is 3.61. The summed E-state index contributed by atoms with van der Waals surface area (Å²) in [6.45, 7) is 0. The first-order valence-electron chi connectivity index (χ1n) is 7.65. The molecule has 122 valence electrons. The number of hydrogen-bond donors (Lipinski definition) is 3. The molecule has 0 radical (unpaired) electrons. The smallest absolute Gasteiger partial charge is 0.271 e. The van der Waals surface area contributed by atoms with Crippen LogP contribution in [0.25, 0.3) is 0 Å². The first kappa shape index (κ1) is 15.7. The van der Waals surface area contributed by atoms with E-state index in [9.17, 15) is 14.7 Å². The molecule has 0 aliphatic heterocycles. The molecule has 3 rings (SSSR count). The van der Waals surface area contributed by atoms with Gasteiger partial charge in [-0.05, 0) is 54.8 Å². The van der Waals surface area contributed by atoms with E-state index < -0.39 is 0 Å². The van der Waals surface area contributed by atoms with Crippen LogP contribution in [0.15, 0.2) is 53.6 Å². The monoisotopic (exact) mass is 323 g/mol. The molecule has 0 unspecified atom stereocenters. The average molecular weight is 323 g/mol. The average Bonchev–Trinajstić information content (AvgIpc) is 3.40. The predicted octanol–water partition coefficient (Wildman–Crippen LogP) is 2.50. The molecule has 0 saturated heterocycles. The van der Waals surface area contributed by atoms with Crippen LogP contribution < -0.4 is 10.7 Å². The fourth-order valence-electron chi connectivity index (χ4n) is 2.13. The van der Waals surface area contributed by atoms with Crippen molar-refractivity contribution in [3.63, 3.8) is 0 Å². The van der Waals surface area contributed by atoms with Gasteiger partial charge in [-0.3, -0.25) is 9.59 Å². The molecule has 6 heteroatoms. The Labute approximate surface area is 139 Å². The number of carbonyl (C=O) groups is 2. The number of hydrogen-bond acceptors (Lipinski definition) is 4. The maximum Gasteiger partial charge on any atom is 0.271 e. The number of nitrogens with zero attached hydrogens (tertiary/aromatic N) is 1. The Balaban J connectivity index is 1.55. The normalized spacial score (nSPS) is 13.7. The molecule has 1 aliphatic rings. The van der Waals surface area contributed by atoms with Gasteiger partial charge in [-0.2, -0.15) is 5.10 Å². The maximum absolute atomic E-state index is 12.0. The van der Waals surface area contributed by atoms with Crippen LogP contribution in [0.2, 0.25) is 0 Å². The molecule has 0 heterocycles. The number of aromatic hydroxyl groups is 1. The third-order valence-electron chi connectivity index (χ3n) is 3.61. The Morgan fingerprint density at radius 1 is 1.12 bits per heavy atom. The number of benzene rings is 2. The van der Waals surface area contributed by atoms with Crippen molar-refractivity contribution in [2.45, 2.75) is 12.8 Å². The summed E-state index contributed by atoms with van der Waals surface area (Å²) in [6, 6.07) is 13.2. The molecule has 3 N–H and O–H groups in total. The van der Waals surface area contributed by atoms with E-state index in [1.807, 2.05) is 0 Å². The van der Waals surface area contributed by atoms with Crippen molar-refractivity contribution < 1.29 is 14.7 Å². The van der Waals surface area contributed by atoms with Crippen LogP contribution in [0.3, 0.4) is 0 Å². The molecule has 1 saturated carbocycles. The van der Waals surface area contributed by atoms with Gasteiger partial charge in [-0.15, -0.1) is 0 Å². The van der Waals surface area contributed by atoms with Gasteiger partial charge in [0.25, 0.3) is 5.91 Å². The lowest BCUT2D eigenvalue weighted by atomic mass is 10.2. The third kappa shape index (κ3) is 4.19. The largest absolute Gasteiger partial charge is 0.508 e. The molecular formula is C18H17N3O3. The van der Waals surface area contributed by atoms with Gasteiger partial charge < -0.3 is 10.4 Å².